The number of nitrogen functional groups attached to an aromatic ring is 1. The van der Waals surface area contributed by atoms with E-state index in [0.717, 1.165) is 17.5 Å². The van der Waals surface area contributed by atoms with Crippen LogP contribution in [-0.2, 0) is 14.8 Å². The summed E-state index contributed by atoms with van der Waals surface area (Å²) >= 11 is 0. The molecule has 0 bridgehead atoms. The van der Waals surface area contributed by atoms with Crippen molar-refractivity contribution >= 4 is 15.7 Å². The molecule has 1 heterocycles. The predicted octanol–water partition coefficient (Wildman–Crippen LogP) is 2.07. The van der Waals surface area contributed by atoms with Gasteiger partial charge in [-0.25, -0.2) is 8.42 Å². The number of nitrogens with zero attached hydrogens (tertiary/aromatic N) is 1. The lowest BCUT2D eigenvalue weighted by Gasteiger charge is -2.37. The van der Waals surface area contributed by atoms with Crippen molar-refractivity contribution in [2.75, 3.05) is 18.9 Å². The Hall–Kier alpha value is -1.11. The first kappa shape index (κ1) is 16.3. The Labute approximate surface area is 127 Å². The molecule has 0 radical (unpaired) electrons. The van der Waals surface area contributed by atoms with Gasteiger partial charge in [0.25, 0.3) is 0 Å². The van der Waals surface area contributed by atoms with Gasteiger partial charge in [0.15, 0.2) is 0 Å². The molecule has 0 aromatic heterocycles. The zero-order valence-corrected chi connectivity index (χ0v) is 13.9. The van der Waals surface area contributed by atoms with Crippen molar-refractivity contribution in [2.24, 2.45) is 0 Å². The normalized spacial score (nSPS) is 24.2. The second-order valence-corrected chi connectivity index (χ2v) is 7.60. The standard InChI is InChI=1S/C15H24N2O3S/c1-5-14-9-20-11(3)8-17(14)21(18,19)15-7-13(16)6-10(2)12(15)4/h6-7,11,14H,5,8-9,16H2,1-4H3. The number of hydrogen-bond donors (Lipinski definition) is 1. The smallest absolute Gasteiger partial charge is 0.243 e. The van der Waals surface area contributed by atoms with Crippen LogP contribution in [0.3, 0.4) is 0 Å². The number of nitrogens with two attached hydrogens (primary N) is 1. The number of aryl methyl sites for hydroxylation is 1. The van der Waals surface area contributed by atoms with Crippen LogP contribution in [0.25, 0.3) is 0 Å². The summed E-state index contributed by atoms with van der Waals surface area (Å²) in [7, 11) is -3.56. The third-order valence-corrected chi connectivity index (χ3v) is 6.16. The lowest BCUT2D eigenvalue weighted by molar-refractivity contribution is -0.0230. The molecule has 2 N–H and O–H groups in total. The molecule has 5 nitrogen and oxygen atoms in total. The minimum absolute atomic E-state index is 0.0926. The van der Waals surface area contributed by atoms with Crippen LogP contribution < -0.4 is 5.73 Å². The van der Waals surface area contributed by atoms with E-state index >= 15 is 0 Å². The van der Waals surface area contributed by atoms with Gasteiger partial charge in [-0.2, -0.15) is 4.31 Å². The van der Waals surface area contributed by atoms with Gasteiger partial charge in [-0.1, -0.05) is 6.92 Å². The molecule has 2 rings (SSSR count). The average Bonchev–Trinajstić information content (AvgIpc) is 2.42. The Morgan fingerprint density at radius 3 is 2.67 bits per heavy atom. The number of benzene rings is 1. The SMILES string of the molecule is CCC1COC(C)CN1S(=O)(=O)c1cc(N)cc(C)c1C. The third-order valence-electron chi connectivity index (χ3n) is 4.12. The van der Waals surface area contributed by atoms with Crippen LogP contribution in [0.4, 0.5) is 5.69 Å². The van der Waals surface area contributed by atoms with E-state index in [4.69, 9.17) is 10.5 Å². The molecule has 1 aromatic rings. The molecule has 0 saturated carbocycles. The first-order valence-electron chi connectivity index (χ1n) is 7.27. The molecule has 21 heavy (non-hydrogen) atoms. The third kappa shape index (κ3) is 3.07. The summed E-state index contributed by atoms with van der Waals surface area (Å²) in [6.07, 6.45) is 0.636. The highest BCUT2D eigenvalue weighted by Crippen LogP contribution is 2.29. The summed E-state index contributed by atoms with van der Waals surface area (Å²) in [6, 6.07) is 3.24. The van der Waals surface area contributed by atoms with Crippen molar-refractivity contribution in [1.82, 2.24) is 4.31 Å². The van der Waals surface area contributed by atoms with Crippen molar-refractivity contribution in [3.63, 3.8) is 0 Å². The number of anilines is 1. The molecule has 1 saturated heterocycles. The highest BCUT2D eigenvalue weighted by atomic mass is 32.2. The molecule has 0 spiro atoms. The molecule has 2 atom stereocenters. The Kier molecular flexibility index (Phi) is 4.60. The fourth-order valence-electron chi connectivity index (χ4n) is 2.68. The lowest BCUT2D eigenvalue weighted by atomic mass is 10.1. The molecule has 118 valence electrons. The summed E-state index contributed by atoms with van der Waals surface area (Å²) < 4.78 is 33.2. The van der Waals surface area contributed by atoms with E-state index in [0.29, 0.717) is 23.7 Å². The van der Waals surface area contributed by atoms with Gasteiger partial charge in [-0.3, -0.25) is 0 Å². The first-order valence-corrected chi connectivity index (χ1v) is 8.71. The van der Waals surface area contributed by atoms with Crippen LogP contribution >= 0.6 is 0 Å². The molecular weight excluding hydrogens is 288 g/mol. The summed E-state index contributed by atoms with van der Waals surface area (Å²) in [5, 5.41) is 0. The van der Waals surface area contributed by atoms with Gasteiger partial charge < -0.3 is 10.5 Å². The second-order valence-electron chi connectivity index (χ2n) is 5.74. The van der Waals surface area contributed by atoms with Crippen molar-refractivity contribution in [1.29, 1.82) is 0 Å². The molecule has 1 fully saturated rings. The van der Waals surface area contributed by atoms with Crippen molar-refractivity contribution in [2.45, 2.75) is 51.2 Å². The monoisotopic (exact) mass is 312 g/mol. The number of rotatable bonds is 3. The molecule has 1 aromatic carbocycles. The minimum atomic E-state index is -3.56. The number of morpholine rings is 1. The fraction of sp³-hybridized carbons (Fsp3) is 0.600. The number of hydrogen-bond acceptors (Lipinski definition) is 4. The molecule has 0 amide bonds. The van der Waals surface area contributed by atoms with E-state index in [1.807, 2.05) is 27.7 Å². The van der Waals surface area contributed by atoms with Gasteiger partial charge in [0.05, 0.1) is 17.6 Å². The van der Waals surface area contributed by atoms with Gasteiger partial charge in [-0.15, -0.1) is 0 Å². The fourth-order valence-corrected chi connectivity index (χ4v) is 4.77. The van der Waals surface area contributed by atoms with Crippen LogP contribution in [0, 0.1) is 13.8 Å². The Morgan fingerprint density at radius 2 is 2.05 bits per heavy atom. The van der Waals surface area contributed by atoms with E-state index in [1.165, 1.54) is 0 Å². The zero-order chi connectivity index (χ0) is 15.8. The molecular formula is C15H24N2O3S. The van der Waals surface area contributed by atoms with Gasteiger partial charge in [0.2, 0.25) is 10.0 Å². The van der Waals surface area contributed by atoms with Crippen LogP contribution in [0.2, 0.25) is 0 Å². The largest absolute Gasteiger partial charge is 0.399 e. The predicted molar refractivity (Wildman–Crippen MR) is 83.7 cm³/mol. The van der Waals surface area contributed by atoms with E-state index < -0.39 is 10.0 Å². The van der Waals surface area contributed by atoms with Crippen LogP contribution in [-0.4, -0.2) is 38.0 Å². The molecule has 1 aliphatic heterocycles. The lowest BCUT2D eigenvalue weighted by Crippen LogP contribution is -2.51. The number of ether oxygens (including phenoxy) is 1. The number of sulfonamides is 1. The van der Waals surface area contributed by atoms with Crippen molar-refractivity contribution < 1.29 is 13.2 Å². The van der Waals surface area contributed by atoms with Crippen molar-refractivity contribution in [3.05, 3.63) is 23.3 Å². The Bertz CT molecular complexity index is 628. The van der Waals surface area contributed by atoms with E-state index in [-0.39, 0.29) is 12.1 Å². The van der Waals surface area contributed by atoms with Crippen LogP contribution in [0.1, 0.15) is 31.4 Å². The quantitative estimate of drug-likeness (QED) is 0.867. The van der Waals surface area contributed by atoms with E-state index in [9.17, 15) is 8.42 Å². The highest BCUT2D eigenvalue weighted by Gasteiger charge is 2.36. The Morgan fingerprint density at radius 1 is 1.38 bits per heavy atom. The average molecular weight is 312 g/mol. The first-order chi connectivity index (χ1) is 9.77. The van der Waals surface area contributed by atoms with E-state index in [2.05, 4.69) is 0 Å². The summed E-state index contributed by atoms with van der Waals surface area (Å²) in [5.41, 5.74) is 7.97. The second kappa shape index (κ2) is 5.94. The molecule has 0 aliphatic carbocycles. The summed E-state index contributed by atoms with van der Waals surface area (Å²) in [5.74, 6) is 0. The molecule has 6 heteroatoms. The molecule has 2 unspecified atom stereocenters. The minimum Gasteiger partial charge on any atom is -0.399 e. The maximum absolute atomic E-state index is 13.0. The van der Waals surface area contributed by atoms with Crippen LogP contribution in [0.15, 0.2) is 17.0 Å². The zero-order valence-electron chi connectivity index (χ0n) is 13.1. The maximum atomic E-state index is 13.0. The maximum Gasteiger partial charge on any atom is 0.243 e. The molecule has 1 aliphatic rings. The van der Waals surface area contributed by atoms with Gasteiger partial charge in [0.1, 0.15) is 0 Å². The topological polar surface area (TPSA) is 72.6 Å². The summed E-state index contributed by atoms with van der Waals surface area (Å²) in [6.45, 7) is 8.40. The Balaban J connectivity index is 2.50. The van der Waals surface area contributed by atoms with Crippen LogP contribution in [0.5, 0.6) is 0 Å². The highest BCUT2D eigenvalue weighted by molar-refractivity contribution is 7.89. The van der Waals surface area contributed by atoms with Gasteiger partial charge in [-0.05, 0) is 50.5 Å². The van der Waals surface area contributed by atoms with Crippen molar-refractivity contribution in [3.8, 4) is 0 Å². The van der Waals surface area contributed by atoms with Gasteiger partial charge in [0, 0.05) is 18.3 Å². The van der Waals surface area contributed by atoms with Gasteiger partial charge >= 0.3 is 0 Å². The summed E-state index contributed by atoms with van der Waals surface area (Å²) in [4.78, 5) is 0.313. The van der Waals surface area contributed by atoms with E-state index in [1.54, 1.807) is 16.4 Å².